The minimum atomic E-state index is -2.98. The zero-order chi connectivity index (χ0) is 15.4. The summed E-state index contributed by atoms with van der Waals surface area (Å²) in [6.07, 6.45) is 2.52. The molecule has 0 spiro atoms. The number of para-hydroxylation sites is 1. The first kappa shape index (κ1) is 15.6. The number of rotatable bonds is 5. The maximum Gasteiger partial charge on any atom is 0.387 e. The molecule has 1 aliphatic rings. The summed E-state index contributed by atoms with van der Waals surface area (Å²) in [5.74, 6) is -0.651. The van der Waals surface area contributed by atoms with Gasteiger partial charge in [0.05, 0.1) is 10.6 Å². The predicted octanol–water partition coefficient (Wildman–Crippen LogP) is 2.47. The molecule has 0 bridgehead atoms. The van der Waals surface area contributed by atoms with Crippen LogP contribution in [0.25, 0.3) is 0 Å². The third-order valence-corrected chi connectivity index (χ3v) is 3.85. The molecule has 2 atom stereocenters. The Bertz CT molecular complexity index is 539. The lowest BCUT2D eigenvalue weighted by Gasteiger charge is -2.20. The normalized spacial score (nSPS) is 21.3. The molecule has 1 saturated carbocycles. The van der Waals surface area contributed by atoms with E-state index >= 15 is 0 Å². The minimum absolute atomic E-state index is 0.0490. The van der Waals surface area contributed by atoms with Crippen molar-refractivity contribution in [2.45, 2.75) is 31.9 Å². The molecule has 114 valence electrons. The Morgan fingerprint density at radius 3 is 2.76 bits per heavy atom. The number of nitrogens with one attached hydrogen (secondary N) is 1. The smallest absolute Gasteiger partial charge is 0.387 e. The lowest BCUT2D eigenvalue weighted by molar-refractivity contribution is -0.0501. The molecule has 1 fully saturated rings. The molecule has 0 heterocycles. The molecule has 4 nitrogen and oxygen atoms in total. The molecule has 7 heteroatoms. The van der Waals surface area contributed by atoms with Gasteiger partial charge in [-0.15, -0.1) is 0 Å². The fraction of sp³-hybridized carbons (Fsp3) is 0.429. The Labute approximate surface area is 126 Å². The molecule has 1 aromatic carbocycles. The Balaban J connectivity index is 2.12. The van der Waals surface area contributed by atoms with E-state index in [1.165, 1.54) is 18.2 Å². The SMILES string of the molecule is NC(=S)C1CCCC1NC(=O)c1ccccc1OC(F)F. The van der Waals surface area contributed by atoms with E-state index < -0.39 is 12.5 Å². The van der Waals surface area contributed by atoms with Crippen molar-refractivity contribution >= 4 is 23.1 Å². The number of hydrogen-bond donors (Lipinski definition) is 2. The van der Waals surface area contributed by atoms with Gasteiger partial charge in [0.15, 0.2) is 0 Å². The highest BCUT2D eigenvalue weighted by atomic mass is 32.1. The van der Waals surface area contributed by atoms with Crippen molar-refractivity contribution < 1.29 is 18.3 Å². The van der Waals surface area contributed by atoms with Gasteiger partial charge < -0.3 is 15.8 Å². The van der Waals surface area contributed by atoms with Crippen LogP contribution in [0.2, 0.25) is 0 Å². The van der Waals surface area contributed by atoms with E-state index in [1.54, 1.807) is 6.07 Å². The van der Waals surface area contributed by atoms with E-state index in [1.807, 2.05) is 0 Å². The number of hydrogen-bond acceptors (Lipinski definition) is 3. The first-order valence-corrected chi connectivity index (χ1v) is 7.04. The monoisotopic (exact) mass is 314 g/mol. The molecule has 2 unspecified atom stereocenters. The van der Waals surface area contributed by atoms with Crippen LogP contribution in [0.1, 0.15) is 29.6 Å². The molecule has 0 radical (unpaired) electrons. The number of ether oxygens (including phenoxy) is 1. The summed E-state index contributed by atoms with van der Waals surface area (Å²) in [4.78, 5) is 12.6. The Morgan fingerprint density at radius 1 is 1.38 bits per heavy atom. The van der Waals surface area contributed by atoms with Crippen molar-refractivity contribution in [3.8, 4) is 5.75 Å². The summed E-state index contributed by atoms with van der Waals surface area (Å²) in [5, 5.41) is 2.81. The maximum atomic E-state index is 12.3. The maximum absolute atomic E-state index is 12.3. The largest absolute Gasteiger partial charge is 0.434 e. The van der Waals surface area contributed by atoms with Crippen molar-refractivity contribution in [2.75, 3.05) is 0 Å². The number of amides is 1. The molecular weight excluding hydrogens is 298 g/mol. The third kappa shape index (κ3) is 3.87. The zero-order valence-electron chi connectivity index (χ0n) is 11.2. The summed E-state index contributed by atoms with van der Waals surface area (Å²) >= 11 is 4.99. The average molecular weight is 314 g/mol. The Morgan fingerprint density at radius 2 is 2.10 bits per heavy atom. The molecule has 0 aromatic heterocycles. The number of benzene rings is 1. The Kier molecular flexibility index (Phi) is 5.06. The van der Waals surface area contributed by atoms with Gasteiger partial charge in [-0.25, -0.2) is 0 Å². The van der Waals surface area contributed by atoms with Crippen LogP contribution in [0.5, 0.6) is 5.75 Å². The number of carbonyl (C=O) groups excluding carboxylic acids is 1. The van der Waals surface area contributed by atoms with Gasteiger partial charge in [-0.3, -0.25) is 4.79 Å². The van der Waals surface area contributed by atoms with Gasteiger partial charge in [-0.1, -0.05) is 30.8 Å². The van der Waals surface area contributed by atoms with Crippen molar-refractivity contribution in [3.05, 3.63) is 29.8 Å². The lowest BCUT2D eigenvalue weighted by Crippen LogP contribution is -2.41. The first-order valence-electron chi connectivity index (χ1n) is 6.63. The van der Waals surface area contributed by atoms with Crippen molar-refractivity contribution in [1.82, 2.24) is 5.32 Å². The van der Waals surface area contributed by atoms with E-state index in [9.17, 15) is 13.6 Å². The standard InChI is InChI=1S/C14H16F2N2O2S/c15-14(16)20-11-7-2-1-4-9(11)13(19)18-10-6-3-5-8(10)12(17)21/h1-2,4,7-8,10,14H,3,5-6H2,(H2,17,21)(H,18,19). The molecule has 2 rings (SSSR count). The van der Waals surface area contributed by atoms with E-state index in [0.717, 1.165) is 19.3 Å². The van der Waals surface area contributed by atoms with Gasteiger partial charge in [0.2, 0.25) is 0 Å². The molecule has 1 aliphatic carbocycles. The van der Waals surface area contributed by atoms with E-state index in [-0.39, 0.29) is 23.3 Å². The topological polar surface area (TPSA) is 64.3 Å². The quantitative estimate of drug-likeness (QED) is 0.820. The van der Waals surface area contributed by atoms with Crippen LogP contribution < -0.4 is 15.8 Å². The van der Waals surface area contributed by atoms with Gasteiger partial charge in [-0.2, -0.15) is 8.78 Å². The summed E-state index contributed by atoms with van der Waals surface area (Å²) in [6.45, 7) is -2.98. The van der Waals surface area contributed by atoms with Crippen LogP contribution in [0, 0.1) is 5.92 Å². The summed E-state index contributed by atoms with van der Waals surface area (Å²) < 4.78 is 29.1. The summed E-state index contributed by atoms with van der Waals surface area (Å²) in [7, 11) is 0. The van der Waals surface area contributed by atoms with Gasteiger partial charge in [0.1, 0.15) is 5.75 Å². The van der Waals surface area contributed by atoms with Crippen molar-refractivity contribution in [3.63, 3.8) is 0 Å². The first-order chi connectivity index (χ1) is 9.99. The van der Waals surface area contributed by atoms with E-state index in [4.69, 9.17) is 18.0 Å². The highest BCUT2D eigenvalue weighted by molar-refractivity contribution is 7.80. The van der Waals surface area contributed by atoms with Crippen LogP contribution in [0.4, 0.5) is 8.78 Å². The van der Waals surface area contributed by atoms with Crippen LogP contribution >= 0.6 is 12.2 Å². The van der Waals surface area contributed by atoms with Crippen molar-refractivity contribution in [2.24, 2.45) is 11.7 Å². The number of carbonyl (C=O) groups is 1. The molecule has 3 N–H and O–H groups in total. The number of halogens is 2. The lowest BCUT2D eigenvalue weighted by atomic mass is 10.0. The van der Waals surface area contributed by atoms with Crippen LogP contribution in [0.15, 0.2) is 24.3 Å². The zero-order valence-corrected chi connectivity index (χ0v) is 12.0. The molecule has 0 saturated heterocycles. The fourth-order valence-corrected chi connectivity index (χ4v) is 2.85. The minimum Gasteiger partial charge on any atom is -0.434 e. The second-order valence-electron chi connectivity index (χ2n) is 4.89. The van der Waals surface area contributed by atoms with Gasteiger partial charge in [0, 0.05) is 12.0 Å². The molecular formula is C14H16F2N2O2S. The van der Waals surface area contributed by atoms with Gasteiger partial charge >= 0.3 is 6.61 Å². The number of nitrogens with two attached hydrogens (primary N) is 1. The second-order valence-corrected chi connectivity index (χ2v) is 5.37. The third-order valence-electron chi connectivity index (χ3n) is 3.55. The van der Waals surface area contributed by atoms with E-state index in [2.05, 4.69) is 10.1 Å². The van der Waals surface area contributed by atoms with Crippen molar-refractivity contribution in [1.29, 1.82) is 0 Å². The average Bonchev–Trinajstić information content (AvgIpc) is 2.86. The van der Waals surface area contributed by atoms with Crippen LogP contribution in [-0.4, -0.2) is 23.5 Å². The number of thiocarbonyl (C=S) groups is 1. The molecule has 21 heavy (non-hydrogen) atoms. The predicted molar refractivity (Wildman–Crippen MR) is 78.5 cm³/mol. The molecule has 0 aliphatic heterocycles. The number of alkyl halides is 2. The Hall–Kier alpha value is -1.76. The van der Waals surface area contributed by atoms with Crippen LogP contribution in [0.3, 0.4) is 0 Å². The summed E-state index contributed by atoms with van der Waals surface area (Å²) in [5.41, 5.74) is 5.73. The fourth-order valence-electron chi connectivity index (χ4n) is 2.57. The van der Waals surface area contributed by atoms with Gasteiger partial charge in [0.25, 0.3) is 5.91 Å². The second kappa shape index (κ2) is 6.80. The van der Waals surface area contributed by atoms with Crippen LogP contribution in [-0.2, 0) is 0 Å². The van der Waals surface area contributed by atoms with Gasteiger partial charge in [-0.05, 0) is 25.0 Å². The van der Waals surface area contributed by atoms with E-state index in [0.29, 0.717) is 4.99 Å². The highest BCUT2D eigenvalue weighted by Gasteiger charge is 2.31. The molecule has 1 amide bonds. The summed E-state index contributed by atoms with van der Waals surface area (Å²) in [6, 6.07) is 5.74. The highest BCUT2D eigenvalue weighted by Crippen LogP contribution is 2.27. The molecule has 1 aromatic rings.